The predicted molar refractivity (Wildman–Crippen MR) is 73.5 cm³/mol. The summed E-state index contributed by atoms with van der Waals surface area (Å²) >= 11 is 0. The zero-order chi connectivity index (χ0) is 13.7. The molecule has 19 heavy (non-hydrogen) atoms. The van der Waals surface area contributed by atoms with Crippen LogP contribution < -0.4 is 4.74 Å². The summed E-state index contributed by atoms with van der Waals surface area (Å²) in [6, 6.07) is 7.67. The number of carbonyl (C=O) groups is 1. The molecule has 0 spiro atoms. The number of hydrogen-bond donors (Lipinski definition) is 1. The maximum Gasteiger partial charge on any atom is 0.320 e. The molecule has 0 aromatic heterocycles. The van der Waals surface area contributed by atoms with E-state index >= 15 is 0 Å². The van der Waals surface area contributed by atoms with E-state index in [0.717, 1.165) is 44.5 Å². The number of benzene rings is 1. The molecule has 1 aromatic rings. The molecular formula is C15H21NO3. The van der Waals surface area contributed by atoms with Gasteiger partial charge < -0.3 is 9.84 Å². The lowest BCUT2D eigenvalue weighted by atomic mass is 10.0. The van der Waals surface area contributed by atoms with Crippen molar-refractivity contribution < 1.29 is 14.6 Å². The van der Waals surface area contributed by atoms with Crippen LogP contribution in [0.25, 0.3) is 0 Å². The van der Waals surface area contributed by atoms with Crippen molar-refractivity contribution in [1.29, 1.82) is 0 Å². The standard InChI is InChI=1S/C15H21NO3/c1-19-13-7-5-12(6-8-13)9-11-16-10-3-2-4-14(16)15(17)18/h5-8,14H,2-4,9-11H2,1H3,(H,17,18). The number of ether oxygens (including phenoxy) is 1. The van der Waals surface area contributed by atoms with Crippen molar-refractivity contribution in [2.75, 3.05) is 20.2 Å². The Labute approximate surface area is 114 Å². The van der Waals surface area contributed by atoms with Crippen LogP contribution in [-0.2, 0) is 11.2 Å². The molecule has 1 N–H and O–H groups in total. The second-order valence-corrected chi connectivity index (χ2v) is 4.98. The zero-order valence-electron chi connectivity index (χ0n) is 11.3. The van der Waals surface area contributed by atoms with Gasteiger partial charge in [-0.2, -0.15) is 0 Å². The summed E-state index contributed by atoms with van der Waals surface area (Å²) in [5, 5.41) is 9.22. The number of rotatable bonds is 5. The van der Waals surface area contributed by atoms with E-state index in [0.29, 0.717) is 0 Å². The average Bonchev–Trinajstić information content (AvgIpc) is 2.46. The van der Waals surface area contributed by atoms with E-state index in [1.165, 1.54) is 5.56 Å². The lowest BCUT2D eigenvalue weighted by molar-refractivity contribution is -0.144. The van der Waals surface area contributed by atoms with Crippen LogP contribution in [0.15, 0.2) is 24.3 Å². The Bertz CT molecular complexity index is 416. The number of aliphatic carboxylic acids is 1. The fourth-order valence-electron chi connectivity index (χ4n) is 2.60. The van der Waals surface area contributed by atoms with E-state index in [1.54, 1.807) is 7.11 Å². The third-order valence-corrected chi connectivity index (χ3v) is 3.75. The van der Waals surface area contributed by atoms with Crippen molar-refractivity contribution in [2.45, 2.75) is 31.7 Å². The minimum Gasteiger partial charge on any atom is -0.497 e. The molecule has 1 aromatic carbocycles. The van der Waals surface area contributed by atoms with Crippen molar-refractivity contribution in [3.05, 3.63) is 29.8 Å². The van der Waals surface area contributed by atoms with E-state index in [2.05, 4.69) is 4.90 Å². The van der Waals surface area contributed by atoms with Gasteiger partial charge in [0.25, 0.3) is 0 Å². The van der Waals surface area contributed by atoms with E-state index in [1.807, 2.05) is 24.3 Å². The van der Waals surface area contributed by atoms with Gasteiger partial charge >= 0.3 is 5.97 Å². The molecule has 0 saturated carbocycles. The largest absolute Gasteiger partial charge is 0.497 e. The Morgan fingerprint density at radius 2 is 2.11 bits per heavy atom. The Kier molecular flexibility index (Phi) is 4.80. The molecule has 1 saturated heterocycles. The quantitative estimate of drug-likeness (QED) is 0.884. The van der Waals surface area contributed by atoms with E-state index in [4.69, 9.17) is 4.74 Å². The number of piperidine rings is 1. The molecule has 1 fully saturated rings. The van der Waals surface area contributed by atoms with Crippen LogP contribution in [0.5, 0.6) is 5.75 Å². The molecule has 1 unspecified atom stereocenters. The highest BCUT2D eigenvalue weighted by Crippen LogP contribution is 2.18. The molecule has 1 aliphatic rings. The highest BCUT2D eigenvalue weighted by Gasteiger charge is 2.27. The maximum atomic E-state index is 11.2. The van der Waals surface area contributed by atoms with Gasteiger partial charge in [-0.1, -0.05) is 18.6 Å². The van der Waals surface area contributed by atoms with Crippen LogP contribution >= 0.6 is 0 Å². The first-order valence-corrected chi connectivity index (χ1v) is 6.80. The molecule has 4 nitrogen and oxygen atoms in total. The summed E-state index contributed by atoms with van der Waals surface area (Å²) in [6.45, 7) is 1.70. The van der Waals surface area contributed by atoms with Gasteiger partial charge in [0, 0.05) is 6.54 Å². The van der Waals surface area contributed by atoms with Crippen LogP contribution in [-0.4, -0.2) is 42.2 Å². The Morgan fingerprint density at radius 3 is 2.74 bits per heavy atom. The van der Waals surface area contributed by atoms with Crippen molar-refractivity contribution in [1.82, 2.24) is 4.90 Å². The van der Waals surface area contributed by atoms with Crippen molar-refractivity contribution in [3.63, 3.8) is 0 Å². The number of methoxy groups -OCH3 is 1. The summed E-state index contributed by atoms with van der Waals surface area (Å²) in [5.41, 5.74) is 1.22. The van der Waals surface area contributed by atoms with E-state index in [-0.39, 0.29) is 6.04 Å². The van der Waals surface area contributed by atoms with Crippen LogP contribution in [0.2, 0.25) is 0 Å². The molecule has 0 amide bonds. The fraction of sp³-hybridized carbons (Fsp3) is 0.533. The molecule has 0 radical (unpaired) electrons. The minimum absolute atomic E-state index is 0.299. The highest BCUT2D eigenvalue weighted by molar-refractivity contribution is 5.73. The predicted octanol–water partition coefficient (Wildman–Crippen LogP) is 2.18. The molecule has 4 heteroatoms. The summed E-state index contributed by atoms with van der Waals surface area (Å²) in [7, 11) is 1.65. The number of carboxylic acid groups (broad SMARTS) is 1. The lowest BCUT2D eigenvalue weighted by Gasteiger charge is -2.32. The van der Waals surface area contributed by atoms with Crippen LogP contribution in [0, 0.1) is 0 Å². The summed E-state index contributed by atoms with van der Waals surface area (Å²) in [4.78, 5) is 13.3. The summed E-state index contributed by atoms with van der Waals surface area (Å²) in [5.74, 6) is 0.166. The summed E-state index contributed by atoms with van der Waals surface area (Å²) in [6.07, 6.45) is 3.79. The van der Waals surface area contributed by atoms with Crippen molar-refractivity contribution in [3.8, 4) is 5.75 Å². The number of likely N-dealkylation sites (tertiary alicyclic amines) is 1. The first-order chi connectivity index (χ1) is 9.20. The third kappa shape index (κ3) is 3.70. The third-order valence-electron chi connectivity index (χ3n) is 3.75. The second kappa shape index (κ2) is 6.57. The van der Waals surface area contributed by atoms with Gasteiger partial charge in [0.05, 0.1) is 7.11 Å². The van der Waals surface area contributed by atoms with Gasteiger partial charge in [0.15, 0.2) is 0 Å². The number of hydrogen-bond acceptors (Lipinski definition) is 3. The minimum atomic E-state index is -0.686. The topological polar surface area (TPSA) is 49.8 Å². The molecule has 1 atom stereocenters. The van der Waals surface area contributed by atoms with Crippen LogP contribution in [0.1, 0.15) is 24.8 Å². The lowest BCUT2D eigenvalue weighted by Crippen LogP contribution is -2.45. The van der Waals surface area contributed by atoms with Gasteiger partial charge in [0.1, 0.15) is 11.8 Å². The normalized spacial score (nSPS) is 20.2. The van der Waals surface area contributed by atoms with Gasteiger partial charge in [0.2, 0.25) is 0 Å². The Balaban J connectivity index is 1.90. The molecule has 104 valence electrons. The highest BCUT2D eigenvalue weighted by atomic mass is 16.5. The molecular weight excluding hydrogens is 242 g/mol. The van der Waals surface area contributed by atoms with E-state index in [9.17, 15) is 9.90 Å². The summed E-state index contributed by atoms with van der Waals surface area (Å²) < 4.78 is 5.12. The van der Waals surface area contributed by atoms with Gasteiger partial charge in [-0.25, -0.2) is 0 Å². The van der Waals surface area contributed by atoms with Crippen LogP contribution in [0.4, 0.5) is 0 Å². The van der Waals surface area contributed by atoms with Crippen LogP contribution in [0.3, 0.4) is 0 Å². The van der Waals surface area contributed by atoms with Gasteiger partial charge in [-0.15, -0.1) is 0 Å². The Morgan fingerprint density at radius 1 is 1.37 bits per heavy atom. The van der Waals surface area contributed by atoms with Gasteiger partial charge in [-0.05, 0) is 43.5 Å². The maximum absolute atomic E-state index is 11.2. The SMILES string of the molecule is COc1ccc(CCN2CCCCC2C(=O)O)cc1. The van der Waals surface area contributed by atoms with E-state index < -0.39 is 5.97 Å². The zero-order valence-corrected chi connectivity index (χ0v) is 11.3. The molecule has 1 heterocycles. The fourth-order valence-corrected chi connectivity index (χ4v) is 2.60. The smallest absolute Gasteiger partial charge is 0.320 e. The van der Waals surface area contributed by atoms with Crippen molar-refractivity contribution in [2.24, 2.45) is 0 Å². The molecule has 1 aliphatic heterocycles. The number of carboxylic acids is 1. The first kappa shape index (κ1) is 13.9. The molecule has 2 rings (SSSR count). The second-order valence-electron chi connectivity index (χ2n) is 4.98. The average molecular weight is 263 g/mol. The monoisotopic (exact) mass is 263 g/mol. The number of nitrogens with zero attached hydrogens (tertiary/aromatic N) is 1. The Hall–Kier alpha value is -1.55. The van der Waals surface area contributed by atoms with Crippen molar-refractivity contribution >= 4 is 5.97 Å². The molecule has 0 bridgehead atoms. The van der Waals surface area contributed by atoms with Gasteiger partial charge in [-0.3, -0.25) is 9.69 Å². The first-order valence-electron chi connectivity index (χ1n) is 6.80. The molecule has 0 aliphatic carbocycles.